The van der Waals surface area contributed by atoms with Crippen LogP contribution in [-0.2, 0) is 7.05 Å². The number of carboxylic acid groups (broad SMARTS) is 1. The van der Waals surface area contributed by atoms with Crippen molar-refractivity contribution in [3.05, 3.63) is 39.7 Å². The Bertz CT molecular complexity index is 843. The molecule has 0 radical (unpaired) electrons. The Morgan fingerprint density at radius 1 is 1.47 bits per heavy atom. The summed E-state index contributed by atoms with van der Waals surface area (Å²) in [5.41, 5.74) is 1.81. The summed E-state index contributed by atoms with van der Waals surface area (Å²) in [6.45, 7) is 0. The van der Waals surface area contributed by atoms with E-state index in [1.807, 2.05) is 0 Å². The van der Waals surface area contributed by atoms with E-state index < -0.39 is 5.97 Å². The van der Waals surface area contributed by atoms with E-state index in [4.69, 9.17) is 9.52 Å². The van der Waals surface area contributed by atoms with Crippen molar-refractivity contribution < 1.29 is 14.3 Å². The van der Waals surface area contributed by atoms with Crippen molar-refractivity contribution in [3.8, 4) is 11.3 Å². The molecule has 7 heteroatoms. The monoisotopic (exact) mass is 276 g/mol. The summed E-state index contributed by atoms with van der Waals surface area (Å²) in [6, 6.07) is 6.73. The Balaban J connectivity index is 2.29. The van der Waals surface area contributed by atoms with Crippen LogP contribution in [0.3, 0.4) is 0 Å². The molecule has 0 saturated heterocycles. The van der Waals surface area contributed by atoms with Crippen molar-refractivity contribution in [2.45, 2.75) is 0 Å². The zero-order valence-electron chi connectivity index (χ0n) is 9.78. The van der Waals surface area contributed by atoms with E-state index in [9.17, 15) is 9.59 Å². The van der Waals surface area contributed by atoms with E-state index in [0.29, 0.717) is 16.0 Å². The summed E-state index contributed by atoms with van der Waals surface area (Å²) in [5.74, 6) is -1.09. The highest BCUT2D eigenvalue weighted by Crippen LogP contribution is 2.30. The van der Waals surface area contributed by atoms with Gasteiger partial charge >= 0.3 is 10.9 Å². The highest BCUT2D eigenvalue weighted by molar-refractivity contribution is 7.16. The molecular formula is C12H8N2O4S. The van der Waals surface area contributed by atoms with Crippen molar-refractivity contribution in [3.63, 3.8) is 0 Å². The molecule has 3 aromatic rings. The van der Waals surface area contributed by atoms with Gasteiger partial charge in [0, 0.05) is 12.6 Å². The molecule has 6 nitrogen and oxygen atoms in total. The minimum atomic E-state index is -1.09. The van der Waals surface area contributed by atoms with E-state index in [1.165, 1.54) is 10.7 Å². The number of aromatic carboxylic acids is 1. The molecule has 96 valence electrons. The SMILES string of the molecule is Cn1nc(C(=O)O)cc1-c1cccc2oc(=O)sc12. The van der Waals surface area contributed by atoms with Crippen molar-refractivity contribution in [1.29, 1.82) is 0 Å². The molecule has 0 atom stereocenters. The molecule has 1 N–H and O–H groups in total. The summed E-state index contributed by atoms with van der Waals surface area (Å²) in [4.78, 5) is 21.8. The Morgan fingerprint density at radius 3 is 2.95 bits per heavy atom. The first-order chi connectivity index (χ1) is 9.06. The van der Waals surface area contributed by atoms with Crippen molar-refractivity contribution in [2.75, 3.05) is 0 Å². The molecule has 1 aromatic carbocycles. The number of hydrogen-bond donors (Lipinski definition) is 1. The van der Waals surface area contributed by atoms with Gasteiger partial charge in [0.25, 0.3) is 0 Å². The van der Waals surface area contributed by atoms with Crippen molar-refractivity contribution in [1.82, 2.24) is 9.78 Å². The molecule has 0 aliphatic rings. The lowest BCUT2D eigenvalue weighted by Gasteiger charge is -2.01. The van der Waals surface area contributed by atoms with E-state index >= 15 is 0 Å². The normalized spacial score (nSPS) is 11.0. The molecular weight excluding hydrogens is 268 g/mol. The highest BCUT2D eigenvalue weighted by atomic mass is 32.1. The number of benzene rings is 1. The first kappa shape index (κ1) is 11.7. The van der Waals surface area contributed by atoms with Crippen LogP contribution in [0.1, 0.15) is 10.5 Å². The van der Waals surface area contributed by atoms with Crippen LogP contribution >= 0.6 is 11.3 Å². The van der Waals surface area contributed by atoms with Crippen LogP contribution in [0.25, 0.3) is 21.5 Å². The van der Waals surface area contributed by atoms with E-state index in [-0.39, 0.29) is 10.6 Å². The van der Waals surface area contributed by atoms with E-state index in [2.05, 4.69) is 5.10 Å². The zero-order valence-corrected chi connectivity index (χ0v) is 10.6. The number of aromatic nitrogens is 2. The maximum absolute atomic E-state index is 11.3. The van der Waals surface area contributed by atoms with E-state index in [1.54, 1.807) is 25.2 Å². The van der Waals surface area contributed by atoms with Gasteiger partial charge in [-0.2, -0.15) is 5.10 Å². The van der Waals surface area contributed by atoms with Gasteiger partial charge in [0.1, 0.15) is 5.58 Å². The molecule has 0 bridgehead atoms. The fourth-order valence-electron chi connectivity index (χ4n) is 1.92. The standard InChI is InChI=1S/C12H8N2O4S/c1-14-8(5-7(13-14)11(15)16)6-3-2-4-9-10(6)19-12(17)18-9/h2-5H,1H3,(H,15,16). The Labute approximate surface area is 110 Å². The number of carbonyl (C=O) groups is 1. The molecule has 2 heterocycles. The second-order valence-corrected chi connectivity index (χ2v) is 4.88. The lowest BCUT2D eigenvalue weighted by atomic mass is 10.1. The average Bonchev–Trinajstić information content (AvgIpc) is 2.90. The molecule has 0 aliphatic carbocycles. The number of nitrogens with zero attached hydrogens (tertiary/aromatic N) is 2. The van der Waals surface area contributed by atoms with Crippen LogP contribution in [0, 0.1) is 0 Å². The second kappa shape index (κ2) is 4.06. The average molecular weight is 276 g/mol. The van der Waals surface area contributed by atoms with Gasteiger partial charge in [0.2, 0.25) is 0 Å². The van der Waals surface area contributed by atoms with Gasteiger partial charge in [-0.25, -0.2) is 9.59 Å². The largest absolute Gasteiger partial charge is 0.476 e. The number of fused-ring (bicyclic) bond motifs is 1. The molecule has 2 aromatic heterocycles. The maximum atomic E-state index is 11.3. The number of aryl methyl sites for hydroxylation is 1. The van der Waals surface area contributed by atoms with Gasteiger partial charge < -0.3 is 9.52 Å². The smallest absolute Gasteiger partial charge is 0.396 e. The summed E-state index contributed by atoms with van der Waals surface area (Å²) in [5, 5.41) is 12.9. The Morgan fingerprint density at radius 2 is 2.26 bits per heavy atom. The topological polar surface area (TPSA) is 85.3 Å². The third-order valence-electron chi connectivity index (χ3n) is 2.73. The number of hydrogen-bond acceptors (Lipinski definition) is 5. The maximum Gasteiger partial charge on any atom is 0.396 e. The van der Waals surface area contributed by atoms with Gasteiger partial charge in [-0.1, -0.05) is 23.5 Å². The Hall–Kier alpha value is -2.41. The van der Waals surface area contributed by atoms with Crippen LogP contribution in [0.15, 0.2) is 33.5 Å². The number of carboxylic acids is 1. The molecule has 0 spiro atoms. The highest BCUT2D eigenvalue weighted by Gasteiger charge is 2.16. The van der Waals surface area contributed by atoms with Crippen LogP contribution < -0.4 is 4.94 Å². The van der Waals surface area contributed by atoms with Crippen molar-refractivity contribution in [2.24, 2.45) is 7.05 Å². The quantitative estimate of drug-likeness (QED) is 0.773. The molecule has 0 fully saturated rings. The zero-order chi connectivity index (χ0) is 13.6. The van der Waals surface area contributed by atoms with Crippen LogP contribution in [0.5, 0.6) is 0 Å². The van der Waals surface area contributed by atoms with Gasteiger partial charge in [0.05, 0.1) is 10.4 Å². The lowest BCUT2D eigenvalue weighted by Crippen LogP contribution is -1.99. The third-order valence-corrected chi connectivity index (χ3v) is 3.61. The van der Waals surface area contributed by atoms with Gasteiger partial charge in [0.15, 0.2) is 5.69 Å². The Kier molecular flexibility index (Phi) is 2.49. The van der Waals surface area contributed by atoms with E-state index in [0.717, 1.165) is 16.9 Å². The predicted octanol–water partition coefficient (Wildman–Crippen LogP) is 1.95. The first-order valence-corrected chi connectivity index (χ1v) is 6.18. The second-order valence-electron chi connectivity index (χ2n) is 3.93. The summed E-state index contributed by atoms with van der Waals surface area (Å²) in [6.07, 6.45) is 0. The molecule has 0 saturated carbocycles. The minimum absolute atomic E-state index is 0.0367. The van der Waals surface area contributed by atoms with Crippen LogP contribution in [0.2, 0.25) is 0 Å². The first-order valence-electron chi connectivity index (χ1n) is 5.36. The van der Waals surface area contributed by atoms with Crippen LogP contribution in [-0.4, -0.2) is 20.9 Å². The summed E-state index contributed by atoms with van der Waals surface area (Å²) >= 11 is 0.989. The van der Waals surface area contributed by atoms with Gasteiger partial charge in [-0.15, -0.1) is 0 Å². The fraction of sp³-hybridized carbons (Fsp3) is 0.0833. The van der Waals surface area contributed by atoms with Crippen molar-refractivity contribution >= 4 is 27.6 Å². The van der Waals surface area contributed by atoms with Gasteiger partial charge in [-0.3, -0.25) is 4.68 Å². The molecule has 0 unspecified atom stereocenters. The molecule has 0 amide bonds. The summed E-state index contributed by atoms with van der Waals surface area (Å²) in [7, 11) is 1.66. The number of rotatable bonds is 2. The lowest BCUT2D eigenvalue weighted by molar-refractivity contribution is 0.0689. The predicted molar refractivity (Wildman–Crippen MR) is 69.5 cm³/mol. The van der Waals surface area contributed by atoms with Crippen LogP contribution in [0.4, 0.5) is 0 Å². The molecule has 3 rings (SSSR count). The summed E-state index contributed by atoms with van der Waals surface area (Å²) < 4.78 is 7.20. The molecule has 0 aliphatic heterocycles. The van der Waals surface area contributed by atoms with Gasteiger partial charge in [-0.05, 0) is 12.1 Å². The third kappa shape index (κ3) is 1.84. The minimum Gasteiger partial charge on any atom is -0.476 e. The fourth-order valence-corrected chi connectivity index (χ4v) is 2.71. The molecule has 19 heavy (non-hydrogen) atoms.